The molecule has 9 N–H and O–H groups in total. The van der Waals surface area contributed by atoms with Gasteiger partial charge in [-0.25, -0.2) is 0 Å². The van der Waals surface area contributed by atoms with E-state index < -0.39 is 35.3 Å². The van der Waals surface area contributed by atoms with Crippen molar-refractivity contribution in [2.45, 2.75) is 134 Å². The number of Topliss-reactive ketones (excluding diaryl/α,β-unsaturated/α-hetero) is 1. The van der Waals surface area contributed by atoms with Gasteiger partial charge in [0.1, 0.15) is 0 Å². The van der Waals surface area contributed by atoms with Crippen molar-refractivity contribution < 1.29 is 33.6 Å². The van der Waals surface area contributed by atoms with E-state index in [2.05, 4.69) is 74.4 Å². The van der Waals surface area contributed by atoms with Crippen molar-refractivity contribution in [3.05, 3.63) is 162 Å². The fraction of sp³-hybridized carbons (Fsp3) is 0.394. The van der Waals surface area contributed by atoms with E-state index in [1.807, 2.05) is 75.4 Å². The van der Waals surface area contributed by atoms with Gasteiger partial charge < -0.3 is 47.9 Å². The molecule has 6 amide bonds. The van der Waals surface area contributed by atoms with E-state index in [0.29, 0.717) is 59.4 Å². The molecular weight excluding hydrogens is 1070 g/mol. The van der Waals surface area contributed by atoms with Crippen LogP contribution in [0.25, 0.3) is 0 Å². The number of benzene rings is 3. The van der Waals surface area contributed by atoms with Crippen LogP contribution in [-0.2, 0) is 33.6 Å². The molecule has 6 aromatic rings. The number of aromatic nitrogens is 3. The molecule has 3 aromatic carbocycles. The van der Waals surface area contributed by atoms with Crippen LogP contribution in [0.15, 0.2) is 128 Å². The Hall–Kier alpha value is -8.84. The van der Waals surface area contributed by atoms with Crippen molar-refractivity contribution in [2.75, 3.05) is 52.4 Å². The first-order valence-corrected chi connectivity index (χ1v) is 27.7. The van der Waals surface area contributed by atoms with Crippen LogP contribution in [0.2, 0.25) is 0 Å². The largest absolute Gasteiger partial charge is 0.399 e. The smallest absolute Gasteiger partial charge is 0.313 e. The average molecular weight is 1160 g/mol. The van der Waals surface area contributed by atoms with E-state index in [1.54, 1.807) is 52.7 Å². The summed E-state index contributed by atoms with van der Waals surface area (Å²) in [6.45, 7) is 16.9. The third kappa shape index (κ3) is 22.0. The maximum absolute atomic E-state index is 13.0. The molecule has 6 heterocycles. The highest BCUT2D eigenvalue weighted by Crippen LogP contribution is 2.36. The minimum Gasteiger partial charge on any atom is -0.399 e. The summed E-state index contributed by atoms with van der Waals surface area (Å²) in [5, 5.41) is 14.1. The summed E-state index contributed by atoms with van der Waals surface area (Å²) >= 11 is 0. The second kappa shape index (κ2) is 34.1. The standard InChI is InChI=1S/C22H26N4O3.C20H24N4O2.C12H18N2.C9H10N2O2.3CH4/c1-14-7-8-20(17-5-4-6-18(10-17)24-16(3)27)26(13-14)22(29)21(28)25-19-9-15(2)11-23-12-19;1-13-6-7-18(15-4-3-5-16(21)9-15)24(12-13)20(26)19(25)23-17-8-14(2)10-22-11-17;1-9-5-6-12(14-8-9)10-3-2-4-11(13)7-10;1-6-3-8(5-10-4-6)11-9(13)7(2)12;;;/h4-6,9-12,14,20H,7-8,13H2,1-3H3,(H,24,27)(H,25,28);3-5,8-11,13,18H,6-7,12,21H2,1-2H3,(H,23,25);2-4,7,9,12,14H,5-6,8,13H2,1H3;3-5H,1-2H3,(H,11,13);3*1H4/t14-,20+;13-,18+;9-,12+;;;;/m100..../s1. The molecule has 0 aliphatic carbocycles. The summed E-state index contributed by atoms with van der Waals surface area (Å²) in [4.78, 5) is 99.2. The molecule has 9 rings (SSSR count). The van der Waals surface area contributed by atoms with Crippen LogP contribution >= 0.6 is 0 Å². The van der Waals surface area contributed by atoms with Gasteiger partial charge in [-0.1, -0.05) is 79.4 Å². The van der Waals surface area contributed by atoms with Gasteiger partial charge in [-0.3, -0.25) is 48.5 Å². The van der Waals surface area contributed by atoms with Crippen LogP contribution in [0.3, 0.4) is 0 Å². The maximum Gasteiger partial charge on any atom is 0.313 e. The molecule has 456 valence electrons. The molecule has 3 fully saturated rings. The highest BCUT2D eigenvalue weighted by Gasteiger charge is 2.36. The van der Waals surface area contributed by atoms with Gasteiger partial charge in [-0.15, -0.1) is 0 Å². The number of nitrogen functional groups attached to an aromatic ring is 2. The number of aryl methyl sites for hydroxylation is 3. The molecule has 0 saturated carbocycles. The lowest BCUT2D eigenvalue weighted by Crippen LogP contribution is -2.46. The molecule has 19 heteroatoms. The number of carbonyl (C=O) groups is 7. The Bertz CT molecular complexity index is 3200. The molecule has 0 unspecified atom stereocenters. The molecule has 6 atom stereocenters. The van der Waals surface area contributed by atoms with Crippen molar-refractivity contribution in [3.8, 4) is 0 Å². The van der Waals surface area contributed by atoms with E-state index in [0.717, 1.165) is 71.7 Å². The molecule has 0 bridgehead atoms. The van der Waals surface area contributed by atoms with Gasteiger partial charge in [-0.05, 0) is 172 Å². The Kier molecular flexibility index (Phi) is 28.2. The monoisotopic (exact) mass is 1160 g/mol. The summed E-state index contributed by atoms with van der Waals surface area (Å²) in [6.07, 6.45) is 15.7. The van der Waals surface area contributed by atoms with Crippen molar-refractivity contribution in [1.29, 1.82) is 0 Å². The number of anilines is 6. The predicted octanol–water partition coefficient (Wildman–Crippen LogP) is 11.4. The lowest BCUT2D eigenvalue weighted by Gasteiger charge is -2.38. The number of amides is 6. The zero-order valence-electron chi connectivity index (χ0n) is 48.2. The Balaban J connectivity index is 0.000000309. The molecule has 3 saturated heterocycles. The summed E-state index contributed by atoms with van der Waals surface area (Å²) < 4.78 is 0. The second-order valence-electron chi connectivity index (χ2n) is 21.8. The van der Waals surface area contributed by atoms with E-state index in [-0.39, 0.29) is 40.3 Å². The van der Waals surface area contributed by atoms with Gasteiger partial charge in [0.15, 0.2) is 0 Å². The minimum absolute atomic E-state index is 0. The van der Waals surface area contributed by atoms with E-state index in [9.17, 15) is 33.6 Å². The maximum atomic E-state index is 13.0. The van der Waals surface area contributed by atoms with Gasteiger partial charge in [0.2, 0.25) is 11.7 Å². The number of carbonyl (C=O) groups excluding carboxylic acids is 7. The number of rotatable bonds is 8. The van der Waals surface area contributed by atoms with Crippen molar-refractivity contribution >= 4 is 75.4 Å². The summed E-state index contributed by atoms with van der Waals surface area (Å²) in [6, 6.07) is 28.6. The van der Waals surface area contributed by atoms with Crippen molar-refractivity contribution in [2.24, 2.45) is 17.8 Å². The van der Waals surface area contributed by atoms with Gasteiger partial charge in [0, 0.05) is 68.6 Å². The molecule has 3 aliphatic rings. The van der Waals surface area contributed by atoms with Crippen LogP contribution in [0.4, 0.5) is 34.1 Å². The molecule has 3 aliphatic heterocycles. The number of ketones is 1. The van der Waals surface area contributed by atoms with Crippen LogP contribution < -0.4 is 38.1 Å². The van der Waals surface area contributed by atoms with E-state index in [4.69, 9.17) is 11.5 Å². The number of nitrogens with zero attached hydrogens (tertiary/aromatic N) is 5. The molecule has 0 radical (unpaired) electrons. The highest BCUT2D eigenvalue weighted by atomic mass is 16.2. The van der Waals surface area contributed by atoms with Crippen LogP contribution in [0.1, 0.15) is 147 Å². The Morgan fingerprint density at radius 1 is 0.471 bits per heavy atom. The number of hydrogen-bond acceptors (Lipinski definition) is 13. The zero-order chi connectivity index (χ0) is 59.5. The van der Waals surface area contributed by atoms with E-state index in [1.165, 1.54) is 50.8 Å². The topological polar surface area (TPSA) is 277 Å². The number of pyridine rings is 3. The summed E-state index contributed by atoms with van der Waals surface area (Å²) in [5.74, 6) is -2.21. The number of hydrogen-bond donors (Lipinski definition) is 7. The first-order chi connectivity index (χ1) is 39.1. The molecule has 0 spiro atoms. The fourth-order valence-corrected chi connectivity index (χ4v) is 10.0. The second-order valence-corrected chi connectivity index (χ2v) is 21.8. The lowest BCUT2D eigenvalue weighted by molar-refractivity contribution is -0.146. The predicted molar refractivity (Wildman–Crippen MR) is 341 cm³/mol. The quantitative estimate of drug-likeness (QED) is 0.0552. The van der Waals surface area contributed by atoms with Gasteiger partial charge in [0.05, 0.1) is 47.7 Å². The van der Waals surface area contributed by atoms with Crippen molar-refractivity contribution in [1.82, 2.24) is 30.1 Å². The lowest BCUT2D eigenvalue weighted by atomic mass is 9.89. The summed E-state index contributed by atoms with van der Waals surface area (Å²) in [7, 11) is 0. The highest BCUT2D eigenvalue weighted by molar-refractivity contribution is 6.40. The first-order valence-electron chi connectivity index (χ1n) is 27.7. The van der Waals surface area contributed by atoms with Crippen LogP contribution in [0.5, 0.6) is 0 Å². The number of nitrogens with two attached hydrogens (primary N) is 2. The van der Waals surface area contributed by atoms with Crippen LogP contribution in [-0.4, -0.2) is 85.6 Å². The van der Waals surface area contributed by atoms with Gasteiger partial charge in [0.25, 0.3) is 5.91 Å². The zero-order valence-corrected chi connectivity index (χ0v) is 48.2. The van der Waals surface area contributed by atoms with Gasteiger partial charge >= 0.3 is 23.6 Å². The first kappa shape index (κ1) is 70.4. The average Bonchev–Trinajstić information content (AvgIpc) is 3.32. The van der Waals surface area contributed by atoms with Gasteiger partial charge in [-0.2, -0.15) is 0 Å². The summed E-state index contributed by atoms with van der Waals surface area (Å²) in [5.41, 5.74) is 21.4. The van der Waals surface area contributed by atoms with Crippen molar-refractivity contribution in [3.63, 3.8) is 0 Å². The third-order valence-electron chi connectivity index (χ3n) is 14.1. The fourth-order valence-electron chi connectivity index (χ4n) is 10.0. The van der Waals surface area contributed by atoms with Crippen LogP contribution in [0, 0.1) is 38.5 Å². The normalized spacial score (nSPS) is 18.4. The third-order valence-corrected chi connectivity index (χ3v) is 14.1. The Labute approximate surface area is 503 Å². The number of piperidine rings is 3. The molecule has 3 aromatic heterocycles. The minimum atomic E-state index is -0.672. The SMILES string of the molecule is C.C.C.CC(=O)C(=O)Nc1cncc(C)c1.CC(=O)Nc1cccc([C@@H]2CC[C@@H](C)CN2C(=O)C(=O)Nc2cncc(C)c2)c1.C[C@H]1CC[C@H](c2cccc(N)c2)NC1.Cc1cncc(NC(=O)C(=O)N2C[C@@H](C)CC[C@@H]2c2cccc(N)c2)c1. The Morgan fingerprint density at radius 2 is 0.871 bits per heavy atom. The number of likely N-dealkylation sites (tertiary alicyclic amines) is 2. The van der Waals surface area contributed by atoms with E-state index >= 15 is 0 Å². The molecule has 19 nitrogen and oxygen atoms in total. The molecule has 85 heavy (non-hydrogen) atoms. The Morgan fingerprint density at radius 3 is 1.27 bits per heavy atom. The molecular formula is C66H90N12O7. The number of nitrogens with one attached hydrogen (secondary N) is 5.